The molecule has 2 atom stereocenters. The van der Waals surface area contributed by atoms with Gasteiger partial charge in [-0.1, -0.05) is 42.5 Å². The minimum Gasteiger partial charge on any atom is -0.479 e. The highest BCUT2D eigenvalue weighted by molar-refractivity contribution is 6.36. The standard InChI is InChI=1S/C18H22Cl2N2O2/c1-11-14(19)8-9-16(17(11)20)24-12(2)18(23)22-15(10-21)13-6-4-3-5-7-13/h8-9,12-13,15H,3-7H2,1-2H3,(H,22,23). The Kier molecular flexibility index (Phi) is 6.77. The van der Waals surface area contributed by atoms with Crippen LogP contribution in [0.5, 0.6) is 5.75 Å². The number of nitrogens with one attached hydrogen (secondary N) is 1. The van der Waals surface area contributed by atoms with Crippen molar-refractivity contribution in [2.75, 3.05) is 0 Å². The molecule has 1 fully saturated rings. The van der Waals surface area contributed by atoms with Crippen molar-refractivity contribution in [3.05, 3.63) is 27.7 Å². The molecule has 2 rings (SSSR count). The van der Waals surface area contributed by atoms with Crippen molar-refractivity contribution in [3.63, 3.8) is 0 Å². The lowest BCUT2D eigenvalue weighted by molar-refractivity contribution is -0.128. The normalized spacial score (nSPS) is 17.6. The largest absolute Gasteiger partial charge is 0.479 e. The summed E-state index contributed by atoms with van der Waals surface area (Å²) in [6, 6.07) is 5.08. The van der Waals surface area contributed by atoms with Gasteiger partial charge in [-0.2, -0.15) is 5.26 Å². The molecule has 6 heteroatoms. The highest BCUT2D eigenvalue weighted by Crippen LogP contribution is 2.33. The summed E-state index contributed by atoms with van der Waals surface area (Å²) in [5.74, 6) is 0.324. The number of hydrogen-bond acceptors (Lipinski definition) is 3. The Morgan fingerprint density at radius 3 is 2.62 bits per heavy atom. The van der Waals surface area contributed by atoms with E-state index in [0.717, 1.165) is 25.7 Å². The number of carbonyl (C=O) groups is 1. The van der Waals surface area contributed by atoms with E-state index >= 15 is 0 Å². The van der Waals surface area contributed by atoms with E-state index in [1.54, 1.807) is 26.0 Å². The lowest BCUT2D eigenvalue weighted by Gasteiger charge is -2.27. The van der Waals surface area contributed by atoms with Crippen LogP contribution in [0.15, 0.2) is 12.1 Å². The van der Waals surface area contributed by atoms with Crippen LogP contribution in [0.25, 0.3) is 0 Å². The minimum absolute atomic E-state index is 0.223. The van der Waals surface area contributed by atoms with Gasteiger partial charge < -0.3 is 10.1 Å². The first-order valence-corrected chi connectivity index (χ1v) is 9.01. The molecule has 24 heavy (non-hydrogen) atoms. The van der Waals surface area contributed by atoms with Crippen molar-refractivity contribution in [2.45, 2.75) is 58.1 Å². The van der Waals surface area contributed by atoms with Gasteiger partial charge in [-0.05, 0) is 50.3 Å². The summed E-state index contributed by atoms with van der Waals surface area (Å²) in [7, 11) is 0. The third-order valence-corrected chi connectivity index (χ3v) is 5.40. The Morgan fingerprint density at radius 1 is 1.33 bits per heavy atom. The quantitative estimate of drug-likeness (QED) is 0.821. The van der Waals surface area contributed by atoms with Crippen LogP contribution in [0.2, 0.25) is 10.0 Å². The molecule has 1 amide bonds. The van der Waals surface area contributed by atoms with Crippen molar-refractivity contribution in [1.82, 2.24) is 5.32 Å². The van der Waals surface area contributed by atoms with E-state index < -0.39 is 12.1 Å². The molecule has 0 spiro atoms. The van der Waals surface area contributed by atoms with Gasteiger partial charge in [0, 0.05) is 5.02 Å². The molecule has 0 heterocycles. The number of halogens is 2. The Morgan fingerprint density at radius 2 is 2.00 bits per heavy atom. The average Bonchev–Trinajstić information content (AvgIpc) is 2.60. The molecule has 1 aromatic rings. The maximum absolute atomic E-state index is 12.4. The molecular formula is C18H22Cl2N2O2. The molecule has 0 bridgehead atoms. The van der Waals surface area contributed by atoms with Gasteiger partial charge in [-0.3, -0.25) is 4.79 Å². The van der Waals surface area contributed by atoms with Gasteiger partial charge in [0.15, 0.2) is 6.10 Å². The van der Waals surface area contributed by atoms with Crippen LogP contribution in [-0.2, 0) is 4.79 Å². The van der Waals surface area contributed by atoms with Gasteiger partial charge in [0.25, 0.3) is 5.91 Å². The summed E-state index contributed by atoms with van der Waals surface area (Å²) in [5.41, 5.74) is 0.709. The predicted molar refractivity (Wildman–Crippen MR) is 95.4 cm³/mol. The lowest BCUT2D eigenvalue weighted by Crippen LogP contribution is -2.45. The maximum Gasteiger partial charge on any atom is 0.261 e. The number of carbonyl (C=O) groups excluding carboxylic acids is 1. The molecule has 4 nitrogen and oxygen atoms in total. The number of hydrogen-bond donors (Lipinski definition) is 1. The molecule has 130 valence electrons. The van der Waals surface area contributed by atoms with E-state index in [1.807, 2.05) is 0 Å². The highest BCUT2D eigenvalue weighted by atomic mass is 35.5. The molecule has 0 radical (unpaired) electrons. The zero-order valence-corrected chi connectivity index (χ0v) is 15.5. The first-order valence-electron chi connectivity index (χ1n) is 8.25. The second-order valence-corrected chi connectivity index (χ2v) is 7.04. The van der Waals surface area contributed by atoms with Crippen LogP contribution in [0.1, 0.15) is 44.6 Å². The molecule has 1 N–H and O–H groups in total. The van der Waals surface area contributed by atoms with Gasteiger partial charge in [0.05, 0.1) is 11.1 Å². The van der Waals surface area contributed by atoms with E-state index in [4.69, 9.17) is 27.9 Å². The Hall–Kier alpha value is -1.44. The first kappa shape index (κ1) is 18.9. The van der Waals surface area contributed by atoms with Crippen LogP contribution in [0, 0.1) is 24.2 Å². The van der Waals surface area contributed by atoms with Crippen LogP contribution in [-0.4, -0.2) is 18.1 Å². The second kappa shape index (κ2) is 8.60. The topological polar surface area (TPSA) is 62.1 Å². The van der Waals surface area contributed by atoms with E-state index in [2.05, 4.69) is 11.4 Å². The Labute approximate surface area is 153 Å². The van der Waals surface area contributed by atoms with Crippen molar-refractivity contribution >= 4 is 29.1 Å². The summed E-state index contributed by atoms with van der Waals surface area (Å²) in [4.78, 5) is 12.4. The smallest absolute Gasteiger partial charge is 0.261 e. The number of nitrogens with zero attached hydrogens (tertiary/aromatic N) is 1. The molecule has 1 saturated carbocycles. The first-order chi connectivity index (χ1) is 11.4. The fraction of sp³-hybridized carbons (Fsp3) is 0.556. The summed E-state index contributed by atoms with van der Waals surface area (Å²) in [6.45, 7) is 3.43. The number of rotatable bonds is 5. The maximum atomic E-state index is 12.4. The fourth-order valence-electron chi connectivity index (χ4n) is 2.97. The summed E-state index contributed by atoms with van der Waals surface area (Å²) in [6.07, 6.45) is 4.65. The van der Waals surface area contributed by atoms with Gasteiger partial charge in [-0.15, -0.1) is 0 Å². The van der Waals surface area contributed by atoms with Crippen molar-refractivity contribution in [1.29, 1.82) is 5.26 Å². The van der Waals surface area contributed by atoms with Crippen molar-refractivity contribution < 1.29 is 9.53 Å². The Balaban J connectivity index is 1.99. The molecular weight excluding hydrogens is 347 g/mol. The van der Waals surface area contributed by atoms with Crippen LogP contribution < -0.4 is 10.1 Å². The monoisotopic (exact) mass is 368 g/mol. The van der Waals surface area contributed by atoms with E-state index in [1.165, 1.54) is 6.42 Å². The zero-order chi connectivity index (χ0) is 17.7. The number of amides is 1. The average molecular weight is 369 g/mol. The zero-order valence-electron chi connectivity index (χ0n) is 13.9. The molecule has 2 unspecified atom stereocenters. The van der Waals surface area contributed by atoms with Gasteiger partial charge in [0.2, 0.25) is 0 Å². The molecule has 0 aliphatic heterocycles. The van der Waals surface area contributed by atoms with E-state index in [-0.39, 0.29) is 11.8 Å². The Bertz CT molecular complexity index is 637. The highest BCUT2D eigenvalue weighted by Gasteiger charge is 2.27. The number of nitriles is 1. The van der Waals surface area contributed by atoms with E-state index in [0.29, 0.717) is 21.4 Å². The van der Waals surface area contributed by atoms with Crippen LogP contribution in [0.3, 0.4) is 0 Å². The van der Waals surface area contributed by atoms with Crippen molar-refractivity contribution in [2.24, 2.45) is 5.92 Å². The van der Waals surface area contributed by atoms with Gasteiger partial charge in [0.1, 0.15) is 11.8 Å². The molecule has 1 aromatic carbocycles. The third-order valence-electron chi connectivity index (χ3n) is 4.52. The number of ether oxygens (including phenoxy) is 1. The van der Waals surface area contributed by atoms with Gasteiger partial charge in [-0.25, -0.2) is 0 Å². The van der Waals surface area contributed by atoms with Crippen molar-refractivity contribution in [3.8, 4) is 11.8 Å². The van der Waals surface area contributed by atoms with Crippen LogP contribution in [0.4, 0.5) is 0 Å². The van der Waals surface area contributed by atoms with Gasteiger partial charge >= 0.3 is 0 Å². The fourth-order valence-corrected chi connectivity index (χ4v) is 3.38. The molecule has 1 aliphatic carbocycles. The minimum atomic E-state index is -0.748. The van der Waals surface area contributed by atoms with Crippen LogP contribution >= 0.6 is 23.2 Å². The summed E-state index contributed by atoms with van der Waals surface area (Å²) >= 11 is 12.2. The summed E-state index contributed by atoms with van der Waals surface area (Å²) < 4.78 is 5.66. The molecule has 0 aromatic heterocycles. The molecule has 1 aliphatic rings. The summed E-state index contributed by atoms with van der Waals surface area (Å²) in [5, 5.41) is 13.1. The number of benzene rings is 1. The lowest BCUT2D eigenvalue weighted by atomic mass is 9.84. The molecule has 0 saturated heterocycles. The SMILES string of the molecule is Cc1c(Cl)ccc(OC(C)C(=O)NC(C#N)C2CCCCC2)c1Cl. The van der Waals surface area contributed by atoms with E-state index in [9.17, 15) is 10.1 Å². The third kappa shape index (κ3) is 4.55. The predicted octanol–water partition coefficient (Wildman–Crippen LogP) is 4.66. The second-order valence-electron chi connectivity index (χ2n) is 6.26.